The number of aryl methyl sites for hydroxylation is 1. The first-order chi connectivity index (χ1) is 5.70. The van der Waals surface area contributed by atoms with Gasteiger partial charge in [-0.05, 0) is 46.9 Å². The van der Waals surface area contributed by atoms with E-state index in [-0.39, 0.29) is 0 Å². The first-order valence-corrected chi connectivity index (χ1v) is 5.02. The van der Waals surface area contributed by atoms with Gasteiger partial charge in [-0.15, -0.1) is 0 Å². The highest BCUT2D eigenvalue weighted by Crippen LogP contribution is 2.18. The zero-order valence-corrected chi connectivity index (χ0v) is 9.44. The highest BCUT2D eigenvalue weighted by Gasteiger charge is 2.02. The summed E-state index contributed by atoms with van der Waals surface area (Å²) in [4.78, 5) is 3.17. The quantitative estimate of drug-likeness (QED) is 0.584. The molecule has 1 heterocycles. The molecule has 62 valence electrons. The molecule has 0 aliphatic carbocycles. The van der Waals surface area contributed by atoms with Crippen LogP contribution in [-0.4, -0.2) is 9.55 Å². The Morgan fingerprint density at radius 2 is 2.25 bits per heavy atom. The van der Waals surface area contributed by atoms with Crippen LogP contribution in [0.25, 0.3) is 11.0 Å². The molecule has 0 aliphatic heterocycles. The molecule has 2 nitrogen and oxygen atoms in total. The van der Waals surface area contributed by atoms with Gasteiger partial charge in [0.05, 0.1) is 11.0 Å². The van der Waals surface area contributed by atoms with Crippen LogP contribution in [0.1, 0.15) is 0 Å². The molecule has 0 fully saturated rings. The van der Waals surface area contributed by atoms with Gasteiger partial charge in [0.15, 0.2) is 4.77 Å². The Labute approximate surface area is 88.7 Å². The van der Waals surface area contributed by atoms with Crippen molar-refractivity contribution in [3.05, 3.63) is 26.5 Å². The minimum atomic E-state index is 0.772. The monoisotopic (exact) mass is 290 g/mol. The zero-order valence-electron chi connectivity index (χ0n) is 6.47. The van der Waals surface area contributed by atoms with Crippen LogP contribution in [0, 0.1) is 8.34 Å². The van der Waals surface area contributed by atoms with Crippen molar-refractivity contribution in [2.45, 2.75) is 0 Å². The molecule has 0 radical (unpaired) electrons. The van der Waals surface area contributed by atoms with E-state index >= 15 is 0 Å². The summed E-state index contributed by atoms with van der Waals surface area (Å²) in [5.74, 6) is 0. The van der Waals surface area contributed by atoms with E-state index in [4.69, 9.17) is 12.2 Å². The highest BCUT2D eigenvalue weighted by molar-refractivity contribution is 14.1. The number of aromatic amines is 1. The molecule has 0 saturated heterocycles. The maximum absolute atomic E-state index is 5.12. The number of nitrogens with zero attached hydrogens (tertiary/aromatic N) is 1. The van der Waals surface area contributed by atoms with E-state index in [1.54, 1.807) is 0 Å². The van der Waals surface area contributed by atoms with Crippen molar-refractivity contribution in [2.75, 3.05) is 0 Å². The van der Waals surface area contributed by atoms with Gasteiger partial charge in [0, 0.05) is 10.6 Å². The maximum atomic E-state index is 5.12. The average molecular weight is 290 g/mol. The van der Waals surface area contributed by atoms with Crippen molar-refractivity contribution in [3.8, 4) is 0 Å². The molecule has 2 aromatic rings. The van der Waals surface area contributed by atoms with Gasteiger partial charge < -0.3 is 9.55 Å². The molecule has 4 heteroatoms. The topological polar surface area (TPSA) is 20.7 Å². The minimum Gasteiger partial charge on any atom is -0.330 e. The standard InChI is InChI=1S/C8H7IN2S/c1-11-6-4-2-3-5(9)7(6)10-8(11)12/h2-4H,1H3,(H,10,12). The largest absolute Gasteiger partial charge is 0.330 e. The van der Waals surface area contributed by atoms with Gasteiger partial charge in [0.25, 0.3) is 0 Å². The molecule has 0 amide bonds. The van der Waals surface area contributed by atoms with Crippen LogP contribution in [0.2, 0.25) is 0 Å². The van der Waals surface area contributed by atoms with Crippen molar-refractivity contribution < 1.29 is 0 Å². The summed E-state index contributed by atoms with van der Waals surface area (Å²) >= 11 is 7.42. The molecular weight excluding hydrogens is 283 g/mol. The summed E-state index contributed by atoms with van der Waals surface area (Å²) in [7, 11) is 1.97. The predicted octanol–water partition coefficient (Wildman–Crippen LogP) is 2.84. The Bertz CT molecular complexity index is 483. The lowest BCUT2D eigenvalue weighted by molar-refractivity contribution is 0.927. The van der Waals surface area contributed by atoms with Crippen molar-refractivity contribution in [2.24, 2.45) is 7.05 Å². The van der Waals surface area contributed by atoms with Gasteiger partial charge in [-0.25, -0.2) is 0 Å². The number of hydrogen-bond donors (Lipinski definition) is 1. The molecule has 1 aromatic carbocycles. The number of fused-ring (bicyclic) bond motifs is 1. The van der Waals surface area contributed by atoms with Crippen molar-refractivity contribution in [1.82, 2.24) is 9.55 Å². The molecule has 12 heavy (non-hydrogen) atoms. The Kier molecular flexibility index (Phi) is 1.96. The third kappa shape index (κ3) is 1.09. The predicted molar refractivity (Wildman–Crippen MR) is 60.8 cm³/mol. The summed E-state index contributed by atoms with van der Waals surface area (Å²) in [5.41, 5.74) is 2.29. The number of benzene rings is 1. The van der Waals surface area contributed by atoms with Gasteiger partial charge in [0.1, 0.15) is 0 Å². The Hall–Kier alpha value is -0.360. The smallest absolute Gasteiger partial charge is 0.177 e. The van der Waals surface area contributed by atoms with E-state index in [9.17, 15) is 0 Å². The summed E-state index contributed by atoms with van der Waals surface area (Å²) in [5, 5.41) is 0. The lowest BCUT2D eigenvalue weighted by atomic mass is 10.3. The van der Waals surface area contributed by atoms with Gasteiger partial charge in [-0.3, -0.25) is 0 Å². The van der Waals surface area contributed by atoms with E-state index in [1.165, 1.54) is 3.57 Å². The number of aromatic nitrogens is 2. The minimum absolute atomic E-state index is 0.772. The fourth-order valence-electron chi connectivity index (χ4n) is 1.22. The molecule has 0 saturated carbocycles. The van der Waals surface area contributed by atoms with E-state index in [0.717, 1.165) is 15.8 Å². The fourth-order valence-corrected chi connectivity index (χ4v) is 2.04. The SMILES string of the molecule is Cn1c(=S)[nH]c2c(I)cccc21. The second-order valence-corrected chi connectivity index (χ2v) is 4.17. The van der Waals surface area contributed by atoms with Gasteiger partial charge in [0.2, 0.25) is 0 Å². The van der Waals surface area contributed by atoms with E-state index in [0.29, 0.717) is 0 Å². The second kappa shape index (κ2) is 2.85. The number of imidazole rings is 1. The summed E-state index contributed by atoms with van der Waals surface area (Å²) in [6.07, 6.45) is 0. The summed E-state index contributed by atoms with van der Waals surface area (Å²) in [6.45, 7) is 0. The van der Waals surface area contributed by atoms with E-state index in [2.05, 4.69) is 39.7 Å². The number of para-hydroxylation sites is 1. The number of nitrogens with one attached hydrogen (secondary N) is 1. The number of rotatable bonds is 0. The third-order valence-corrected chi connectivity index (χ3v) is 3.16. The van der Waals surface area contributed by atoms with Crippen LogP contribution in [-0.2, 0) is 7.05 Å². The van der Waals surface area contributed by atoms with Gasteiger partial charge in [-0.1, -0.05) is 6.07 Å². The molecule has 0 atom stereocenters. The van der Waals surface area contributed by atoms with Crippen LogP contribution in [0.5, 0.6) is 0 Å². The second-order valence-electron chi connectivity index (χ2n) is 2.62. The van der Waals surface area contributed by atoms with Crippen LogP contribution in [0.3, 0.4) is 0 Å². The molecular formula is C8H7IN2S. The zero-order chi connectivity index (χ0) is 8.72. The average Bonchev–Trinajstić information content (AvgIpc) is 2.32. The van der Waals surface area contributed by atoms with Crippen LogP contribution >= 0.6 is 34.8 Å². The Morgan fingerprint density at radius 1 is 1.50 bits per heavy atom. The normalized spacial score (nSPS) is 10.8. The van der Waals surface area contributed by atoms with E-state index < -0.39 is 0 Å². The summed E-state index contributed by atoms with van der Waals surface area (Å²) < 4.78 is 3.96. The van der Waals surface area contributed by atoms with Crippen LogP contribution < -0.4 is 0 Å². The van der Waals surface area contributed by atoms with Gasteiger partial charge in [-0.2, -0.15) is 0 Å². The lowest BCUT2D eigenvalue weighted by Crippen LogP contribution is -1.85. The number of H-pyrrole nitrogens is 1. The van der Waals surface area contributed by atoms with Crippen molar-refractivity contribution in [3.63, 3.8) is 0 Å². The maximum Gasteiger partial charge on any atom is 0.177 e. The van der Waals surface area contributed by atoms with Gasteiger partial charge >= 0.3 is 0 Å². The Balaban J connectivity index is 3.05. The number of hydrogen-bond acceptors (Lipinski definition) is 1. The first-order valence-electron chi connectivity index (χ1n) is 3.53. The third-order valence-electron chi connectivity index (χ3n) is 1.89. The highest BCUT2D eigenvalue weighted by atomic mass is 127. The molecule has 0 bridgehead atoms. The fraction of sp³-hybridized carbons (Fsp3) is 0.125. The molecule has 0 unspecified atom stereocenters. The summed E-state index contributed by atoms with van der Waals surface area (Å²) in [6, 6.07) is 6.16. The lowest BCUT2D eigenvalue weighted by Gasteiger charge is -1.94. The first kappa shape index (κ1) is 8.25. The van der Waals surface area contributed by atoms with Crippen molar-refractivity contribution >= 4 is 45.8 Å². The van der Waals surface area contributed by atoms with E-state index in [1.807, 2.05) is 17.7 Å². The molecule has 0 aliphatic rings. The molecule has 1 N–H and O–H groups in total. The van der Waals surface area contributed by atoms with Crippen LogP contribution in [0.4, 0.5) is 0 Å². The Morgan fingerprint density at radius 3 is 2.92 bits per heavy atom. The van der Waals surface area contributed by atoms with Crippen LogP contribution in [0.15, 0.2) is 18.2 Å². The van der Waals surface area contributed by atoms with Crippen molar-refractivity contribution in [1.29, 1.82) is 0 Å². The molecule has 2 rings (SSSR count). The molecule has 1 aromatic heterocycles. The molecule has 0 spiro atoms. The number of halogens is 1.